The van der Waals surface area contributed by atoms with Crippen LogP contribution < -0.4 is 5.32 Å². The van der Waals surface area contributed by atoms with E-state index in [2.05, 4.69) is 52.1 Å². The third-order valence-corrected chi connectivity index (χ3v) is 3.59. The fourth-order valence-electron chi connectivity index (χ4n) is 1.97. The molecule has 2 heterocycles. The molecule has 3 rings (SSSR count). The summed E-state index contributed by atoms with van der Waals surface area (Å²) in [5.41, 5.74) is 1.82. The van der Waals surface area contributed by atoms with Gasteiger partial charge in [0, 0.05) is 22.1 Å². The van der Waals surface area contributed by atoms with Gasteiger partial charge in [0.05, 0.1) is 11.2 Å². The average molecular weight is 394 g/mol. The monoisotopic (exact) mass is 392 g/mol. The van der Waals surface area contributed by atoms with Crippen LogP contribution in [0, 0.1) is 6.92 Å². The number of aromatic nitrogens is 3. The van der Waals surface area contributed by atoms with Crippen molar-refractivity contribution in [3.8, 4) is 0 Å². The highest BCUT2D eigenvalue weighted by atomic mass is 79.9. The first-order valence-corrected chi connectivity index (χ1v) is 7.53. The van der Waals surface area contributed by atoms with Gasteiger partial charge in [-0.3, -0.25) is 4.98 Å². The molecule has 0 bridgehead atoms. The Morgan fingerprint density at radius 1 is 1.10 bits per heavy atom. The standard InChI is InChI=1S/C14H10Br2N4/c1-8-18-12(16)6-13(19-8)20-11-4-2-3-9-5-10(15)7-17-14(9)11/h2-7H,1H3,(H,18,19,20). The molecule has 0 amide bonds. The van der Waals surface area contributed by atoms with Gasteiger partial charge in [-0.1, -0.05) is 12.1 Å². The number of hydrogen-bond donors (Lipinski definition) is 1. The summed E-state index contributed by atoms with van der Waals surface area (Å²) in [4.78, 5) is 13.0. The van der Waals surface area contributed by atoms with Gasteiger partial charge in [0.2, 0.25) is 0 Å². The van der Waals surface area contributed by atoms with Crippen molar-refractivity contribution in [2.45, 2.75) is 6.92 Å². The molecule has 2 aromatic heterocycles. The number of halogens is 2. The van der Waals surface area contributed by atoms with Gasteiger partial charge in [-0.25, -0.2) is 9.97 Å². The quantitative estimate of drug-likeness (QED) is 0.646. The van der Waals surface area contributed by atoms with Crippen LogP contribution in [-0.4, -0.2) is 15.0 Å². The minimum absolute atomic E-state index is 0.706. The van der Waals surface area contributed by atoms with Crippen LogP contribution in [0.2, 0.25) is 0 Å². The van der Waals surface area contributed by atoms with Crippen molar-refractivity contribution in [2.24, 2.45) is 0 Å². The first-order valence-electron chi connectivity index (χ1n) is 5.94. The SMILES string of the molecule is Cc1nc(Br)cc(Nc2cccc3cc(Br)cnc23)n1. The second-order valence-electron chi connectivity index (χ2n) is 4.28. The number of anilines is 2. The lowest BCUT2D eigenvalue weighted by Gasteiger charge is -2.09. The Kier molecular flexibility index (Phi) is 3.67. The summed E-state index contributed by atoms with van der Waals surface area (Å²) in [6, 6.07) is 9.87. The molecule has 0 saturated carbocycles. The van der Waals surface area contributed by atoms with E-state index in [-0.39, 0.29) is 0 Å². The summed E-state index contributed by atoms with van der Waals surface area (Å²) in [5.74, 6) is 1.44. The molecule has 0 spiro atoms. The molecule has 6 heteroatoms. The fraction of sp³-hybridized carbons (Fsp3) is 0.0714. The van der Waals surface area contributed by atoms with Crippen molar-refractivity contribution in [2.75, 3.05) is 5.32 Å². The van der Waals surface area contributed by atoms with E-state index in [1.807, 2.05) is 37.3 Å². The van der Waals surface area contributed by atoms with E-state index in [1.165, 1.54) is 0 Å². The van der Waals surface area contributed by atoms with Crippen LogP contribution in [0.5, 0.6) is 0 Å². The molecule has 1 aromatic carbocycles. The largest absolute Gasteiger partial charge is 0.338 e. The average Bonchev–Trinajstić information content (AvgIpc) is 2.37. The molecule has 100 valence electrons. The van der Waals surface area contributed by atoms with Crippen LogP contribution in [0.4, 0.5) is 11.5 Å². The van der Waals surface area contributed by atoms with Crippen molar-refractivity contribution < 1.29 is 0 Å². The lowest BCUT2D eigenvalue weighted by atomic mass is 10.2. The molecule has 20 heavy (non-hydrogen) atoms. The molecule has 0 fully saturated rings. The Labute approximate surface area is 132 Å². The van der Waals surface area contributed by atoms with Crippen molar-refractivity contribution in [1.29, 1.82) is 0 Å². The minimum Gasteiger partial charge on any atom is -0.338 e. The zero-order valence-electron chi connectivity index (χ0n) is 10.6. The third kappa shape index (κ3) is 2.81. The molecule has 3 aromatic rings. The van der Waals surface area contributed by atoms with Gasteiger partial charge in [-0.2, -0.15) is 0 Å². The number of nitrogens with one attached hydrogen (secondary N) is 1. The van der Waals surface area contributed by atoms with Gasteiger partial charge in [-0.05, 0) is 50.9 Å². The molecule has 0 aliphatic carbocycles. The summed E-state index contributed by atoms with van der Waals surface area (Å²) in [6.07, 6.45) is 1.79. The van der Waals surface area contributed by atoms with E-state index in [9.17, 15) is 0 Å². The van der Waals surface area contributed by atoms with Crippen molar-refractivity contribution in [1.82, 2.24) is 15.0 Å². The van der Waals surface area contributed by atoms with Crippen LogP contribution in [0.25, 0.3) is 10.9 Å². The van der Waals surface area contributed by atoms with Crippen LogP contribution in [-0.2, 0) is 0 Å². The lowest BCUT2D eigenvalue weighted by molar-refractivity contribution is 1.04. The van der Waals surface area contributed by atoms with E-state index in [0.29, 0.717) is 5.82 Å². The topological polar surface area (TPSA) is 50.7 Å². The molecule has 0 atom stereocenters. The molecule has 0 aliphatic heterocycles. The van der Waals surface area contributed by atoms with Gasteiger partial charge >= 0.3 is 0 Å². The zero-order valence-corrected chi connectivity index (χ0v) is 13.7. The van der Waals surface area contributed by atoms with Crippen molar-refractivity contribution in [3.63, 3.8) is 0 Å². The Morgan fingerprint density at radius 2 is 1.95 bits per heavy atom. The molecule has 4 nitrogen and oxygen atoms in total. The summed E-state index contributed by atoms with van der Waals surface area (Å²) in [6.45, 7) is 1.86. The first-order chi connectivity index (χ1) is 9.61. The lowest BCUT2D eigenvalue weighted by Crippen LogP contribution is -1.98. The molecule has 0 radical (unpaired) electrons. The van der Waals surface area contributed by atoms with E-state index in [1.54, 1.807) is 6.20 Å². The smallest absolute Gasteiger partial charge is 0.135 e. The van der Waals surface area contributed by atoms with Crippen molar-refractivity contribution in [3.05, 3.63) is 51.4 Å². The Balaban J connectivity index is 2.06. The number of para-hydroxylation sites is 1. The number of benzene rings is 1. The number of nitrogens with zero attached hydrogens (tertiary/aromatic N) is 3. The highest BCUT2D eigenvalue weighted by Crippen LogP contribution is 2.26. The van der Waals surface area contributed by atoms with Crippen LogP contribution >= 0.6 is 31.9 Å². The second kappa shape index (κ2) is 5.46. The highest BCUT2D eigenvalue weighted by molar-refractivity contribution is 9.10. The summed E-state index contributed by atoms with van der Waals surface area (Å²) in [5, 5.41) is 4.35. The molecule has 0 saturated heterocycles. The second-order valence-corrected chi connectivity index (χ2v) is 6.01. The maximum atomic E-state index is 4.46. The third-order valence-electron chi connectivity index (χ3n) is 2.75. The fourth-order valence-corrected chi connectivity index (χ4v) is 2.79. The summed E-state index contributed by atoms with van der Waals surface area (Å²) in [7, 11) is 0. The molecule has 0 aliphatic rings. The van der Waals surface area contributed by atoms with Crippen molar-refractivity contribution >= 4 is 54.3 Å². The van der Waals surface area contributed by atoms with Gasteiger partial charge in [0.1, 0.15) is 16.2 Å². The van der Waals surface area contributed by atoms with Gasteiger partial charge in [0.25, 0.3) is 0 Å². The predicted octanol–water partition coefficient (Wildman–Crippen LogP) is 4.60. The van der Waals surface area contributed by atoms with Crippen LogP contribution in [0.15, 0.2) is 45.6 Å². The van der Waals surface area contributed by atoms with Crippen LogP contribution in [0.3, 0.4) is 0 Å². The van der Waals surface area contributed by atoms with Gasteiger partial charge in [-0.15, -0.1) is 0 Å². The number of aryl methyl sites for hydroxylation is 1. The Bertz CT molecular complexity index is 769. The van der Waals surface area contributed by atoms with E-state index < -0.39 is 0 Å². The normalized spacial score (nSPS) is 10.8. The molecule has 1 N–H and O–H groups in total. The molecular weight excluding hydrogens is 384 g/mol. The van der Waals surface area contributed by atoms with E-state index >= 15 is 0 Å². The summed E-state index contributed by atoms with van der Waals surface area (Å²) >= 11 is 6.81. The molecular formula is C14H10Br2N4. The molecule has 0 unspecified atom stereocenters. The Morgan fingerprint density at radius 3 is 2.75 bits per heavy atom. The minimum atomic E-state index is 0.706. The number of rotatable bonds is 2. The zero-order chi connectivity index (χ0) is 14.1. The van der Waals surface area contributed by atoms with E-state index in [0.717, 1.165) is 31.5 Å². The predicted molar refractivity (Wildman–Crippen MR) is 87.2 cm³/mol. The maximum Gasteiger partial charge on any atom is 0.135 e. The number of pyridine rings is 1. The maximum absolute atomic E-state index is 4.46. The number of fused-ring (bicyclic) bond motifs is 1. The van der Waals surface area contributed by atoms with E-state index in [4.69, 9.17) is 0 Å². The summed E-state index contributed by atoms with van der Waals surface area (Å²) < 4.78 is 1.71. The Hall–Kier alpha value is -1.53. The van der Waals surface area contributed by atoms with Crippen LogP contribution in [0.1, 0.15) is 5.82 Å². The highest BCUT2D eigenvalue weighted by Gasteiger charge is 2.05. The van der Waals surface area contributed by atoms with Gasteiger partial charge < -0.3 is 5.32 Å². The first kappa shape index (κ1) is 13.5. The number of hydrogen-bond acceptors (Lipinski definition) is 4. The van der Waals surface area contributed by atoms with Gasteiger partial charge in [0.15, 0.2) is 0 Å².